The molecule has 1 aromatic heterocycles. The van der Waals surface area contributed by atoms with E-state index in [2.05, 4.69) is 16.0 Å². The smallest absolute Gasteiger partial charge is 0.326 e. The Morgan fingerprint density at radius 2 is 1.78 bits per heavy atom. The third kappa shape index (κ3) is 7.78. The van der Waals surface area contributed by atoms with Gasteiger partial charge in [0.25, 0.3) is 5.91 Å². The quantitative estimate of drug-likeness (QED) is 0.473. The predicted molar refractivity (Wildman–Crippen MR) is 102 cm³/mol. The average Bonchev–Trinajstić information content (AvgIpc) is 3.10. The first-order chi connectivity index (χ1) is 12.6. The predicted octanol–water partition coefficient (Wildman–Crippen LogP) is 1.23. The Morgan fingerprint density at radius 1 is 1.11 bits per heavy atom. The number of carboxylic acid groups (broad SMARTS) is 1. The molecule has 0 radical (unpaired) electrons. The van der Waals surface area contributed by atoms with E-state index < -0.39 is 29.9 Å². The van der Waals surface area contributed by atoms with Crippen LogP contribution in [0.4, 0.5) is 0 Å². The number of carboxylic acids is 1. The highest BCUT2D eigenvalue weighted by atomic mass is 32.1. The van der Waals surface area contributed by atoms with E-state index in [0.717, 1.165) is 0 Å². The van der Waals surface area contributed by atoms with Gasteiger partial charge in [-0.2, -0.15) is 0 Å². The molecule has 1 aromatic rings. The van der Waals surface area contributed by atoms with Crippen LogP contribution in [0.5, 0.6) is 0 Å². The summed E-state index contributed by atoms with van der Waals surface area (Å²) in [6.45, 7) is 6.91. The summed E-state index contributed by atoms with van der Waals surface area (Å²) in [4.78, 5) is 48.2. The number of hydrogen-bond acceptors (Lipinski definition) is 5. The maximum atomic E-state index is 12.4. The molecule has 27 heavy (non-hydrogen) atoms. The fourth-order valence-corrected chi connectivity index (χ4v) is 3.00. The molecule has 1 rings (SSSR count). The number of thiophene rings is 1. The highest BCUT2D eigenvalue weighted by molar-refractivity contribution is 7.12. The van der Waals surface area contributed by atoms with Crippen molar-refractivity contribution in [3.63, 3.8) is 0 Å². The monoisotopic (exact) mass is 397 g/mol. The normalized spacial score (nSPS) is 13.1. The van der Waals surface area contributed by atoms with Crippen molar-refractivity contribution in [2.24, 2.45) is 11.8 Å². The zero-order chi connectivity index (χ0) is 20.6. The summed E-state index contributed by atoms with van der Waals surface area (Å²) in [6, 6.07) is 1.58. The van der Waals surface area contributed by atoms with Crippen LogP contribution in [0.15, 0.2) is 17.5 Å². The van der Waals surface area contributed by atoms with Gasteiger partial charge in [-0.05, 0) is 29.7 Å². The van der Waals surface area contributed by atoms with Crippen molar-refractivity contribution in [3.05, 3.63) is 22.4 Å². The maximum Gasteiger partial charge on any atom is 0.326 e. The van der Waals surface area contributed by atoms with Crippen molar-refractivity contribution < 1.29 is 24.3 Å². The van der Waals surface area contributed by atoms with E-state index in [1.807, 2.05) is 13.8 Å². The van der Waals surface area contributed by atoms with Crippen molar-refractivity contribution in [1.29, 1.82) is 0 Å². The van der Waals surface area contributed by atoms with Crippen molar-refractivity contribution in [1.82, 2.24) is 16.0 Å². The lowest BCUT2D eigenvalue weighted by molar-refractivity contribution is -0.142. The van der Waals surface area contributed by atoms with Gasteiger partial charge in [0.15, 0.2) is 0 Å². The fourth-order valence-electron chi connectivity index (χ4n) is 2.37. The van der Waals surface area contributed by atoms with Gasteiger partial charge in [-0.3, -0.25) is 14.4 Å². The molecule has 2 atom stereocenters. The minimum Gasteiger partial charge on any atom is -0.480 e. The van der Waals surface area contributed by atoms with Crippen molar-refractivity contribution in [2.75, 3.05) is 6.54 Å². The Labute approximate surface area is 162 Å². The molecule has 8 nitrogen and oxygen atoms in total. The third-order valence-corrected chi connectivity index (χ3v) is 4.61. The first-order valence-corrected chi connectivity index (χ1v) is 9.64. The molecule has 0 aliphatic carbocycles. The average molecular weight is 397 g/mol. The highest BCUT2D eigenvalue weighted by Gasteiger charge is 2.26. The second-order valence-electron chi connectivity index (χ2n) is 6.98. The van der Waals surface area contributed by atoms with Gasteiger partial charge >= 0.3 is 5.97 Å². The highest BCUT2D eigenvalue weighted by Crippen LogP contribution is 2.10. The molecule has 0 fully saturated rings. The summed E-state index contributed by atoms with van der Waals surface area (Å²) in [6.07, 6.45) is 0.292. The van der Waals surface area contributed by atoms with E-state index in [4.69, 9.17) is 5.11 Å². The molecule has 0 aliphatic rings. The van der Waals surface area contributed by atoms with Crippen LogP contribution in [0.2, 0.25) is 0 Å². The lowest BCUT2D eigenvalue weighted by Gasteiger charge is -2.22. The molecular weight excluding hydrogens is 370 g/mol. The Hall–Kier alpha value is -2.42. The molecule has 0 saturated heterocycles. The van der Waals surface area contributed by atoms with Crippen LogP contribution in [0.3, 0.4) is 0 Å². The van der Waals surface area contributed by atoms with Gasteiger partial charge in [-0.15, -0.1) is 11.3 Å². The van der Waals surface area contributed by atoms with Gasteiger partial charge < -0.3 is 21.1 Å². The van der Waals surface area contributed by atoms with Gasteiger partial charge in [0.05, 0.1) is 11.4 Å². The van der Waals surface area contributed by atoms with Crippen LogP contribution >= 0.6 is 11.3 Å². The molecule has 9 heteroatoms. The van der Waals surface area contributed by atoms with Crippen LogP contribution in [0.25, 0.3) is 0 Å². The topological polar surface area (TPSA) is 125 Å². The summed E-state index contributed by atoms with van der Waals surface area (Å²) in [5.41, 5.74) is 0. The Kier molecular flexibility index (Phi) is 8.93. The molecule has 3 amide bonds. The molecule has 4 N–H and O–H groups in total. The van der Waals surface area contributed by atoms with Crippen LogP contribution < -0.4 is 16.0 Å². The zero-order valence-electron chi connectivity index (χ0n) is 15.9. The Morgan fingerprint density at radius 3 is 2.26 bits per heavy atom. The first-order valence-electron chi connectivity index (χ1n) is 8.76. The molecule has 0 aromatic carbocycles. The maximum absolute atomic E-state index is 12.4. The van der Waals surface area contributed by atoms with E-state index in [1.165, 1.54) is 11.3 Å². The van der Waals surface area contributed by atoms with Gasteiger partial charge in [-0.1, -0.05) is 33.8 Å². The van der Waals surface area contributed by atoms with Crippen LogP contribution in [-0.4, -0.2) is 47.4 Å². The zero-order valence-corrected chi connectivity index (χ0v) is 16.8. The van der Waals surface area contributed by atoms with Crippen LogP contribution in [0, 0.1) is 11.8 Å². The van der Waals surface area contributed by atoms with E-state index in [9.17, 15) is 19.2 Å². The minimum absolute atomic E-state index is 0.0961. The lowest BCUT2D eigenvalue weighted by atomic mass is 10.0. The molecule has 0 aliphatic heterocycles. The number of amides is 3. The second-order valence-corrected chi connectivity index (χ2v) is 7.93. The van der Waals surface area contributed by atoms with E-state index in [0.29, 0.717) is 11.3 Å². The molecule has 1 heterocycles. The number of aliphatic carboxylic acids is 1. The number of carbonyl (C=O) groups excluding carboxylic acids is 3. The molecular formula is C18H27N3O5S. The number of carbonyl (C=O) groups is 4. The number of hydrogen-bond donors (Lipinski definition) is 4. The van der Waals surface area contributed by atoms with Gasteiger partial charge in [0.1, 0.15) is 12.1 Å². The van der Waals surface area contributed by atoms with Crippen molar-refractivity contribution >= 4 is 35.0 Å². The number of nitrogens with one attached hydrogen (secondary N) is 3. The molecule has 0 bridgehead atoms. The van der Waals surface area contributed by atoms with Gasteiger partial charge in [-0.25, -0.2) is 4.79 Å². The van der Waals surface area contributed by atoms with E-state index in [-0.39, 0.29) is 24.3 Å². The minimum atomic E-state index is -1.12. The van der Waals surface area contributed by atoms with E-state index in [1.54, 1.807) is 31.4 Å². The summed E-state index contributed by atoms with van der Waals surface area (Å²) in [5.74, 6) is -2.66. The van der Waals surface area contributed by atoms with Crippen molar-refractivity contribution in [3.8, 4) is 0 Å². The molecule has 150 valence electrons. The largest absolute Gasteiger partial charge is 0.480 e. The first kappa shape index (κ1) is 22.6. The van der Waals surface area contributed by atoms with E-state index >= 15 is 0 Å². The van der Waals surface area contributed by atoms with Crippen LogP contribution in [0.1, 0.15) is 43.8 Å². The standard InChI is InChI=1S/C18H27N3O5S/c1-10(2)8-12(18(25)26)20-14(22)9-19-17(24)15(11(3)4)21-16(23)13-6-5-7-27-13/h5-7,10-12,15H,8-9H2,1-4H3,(H,19,24)(H,20,22)(H,21,23)(H,25,26)/t12-,15?/m0/s1. The van der Waals surface area contributed by atoms with Gasteiger partial charge in [0.2, 0.25) is 11.8 Å². The summed E-state index contributed by atoms with van der Waals surface area (Å²) in [7, 11) is 0. The Balaban J connectivity index is 2.59. The molecule has 1 unspecified atom stereocenters. The summed E-state index contributed by atoms with van der Waals surface area (Å²) in [5, 5.41) is 18.4. The third-order valence-electron chi connectivity index (χ3n) is 3.74. The molecule has 0 spiro atoms. The Bertz CT molecular complexity index is 658. The molecule has 0 saturated carbocycles. The summed E-state index contributed by atoms with van der Waals surface area (Å²) < 4.78 is 0. The SMILES string of the molecule is CC(C)C[C@H](NC(=O)CNC(=O)C(NC(=O)c1cccs1)C(C)C)C(=O)O. The summed E-state index contributed by atoms with van der Waals surface area (Å²) >= 11 is 1.27. The lowest BCUT2D eigenvalue weighted by Crippen LogP contribution is -2.52. The van der Waals surface area contributed by atoms with Crippen molar-refractivity contribution in [2.45, 2.75) is 46.2 Å². The fraction of sp³-hybridized carbons (Fsp3) is 0.556. The van der Waals surface area contributed by atoms with Gasteiger partial charge in [0, 0.05) is 0 Å². The van der Waals surface area contributed by atoms with Crippen LogP contribution in [-0.2, 0) is 14.4 Å². The second kappa shape index (κ2) is 10.7. The number of rotatable bonds is 10.